The Hall–Kier alpha value is -3.10. The zero-order valence-corrected chi connectivity index (χ0v) is 21.9. The predicted octanol–water partition coefficient (Wildman–Crippen LogP) is 3.10. The Morgan fingerprint density at radius 3 is 2.14 bits per heavy atom. The summed E-state index contributed by atoms with van der Waals surface area (Å²) in [5, 5.41) is 5.51. The molecule has 194 valence electrons. The number of carbonyl (C=O) groups excluding carboxylic acids is 4. The molecule has 0 aliphatic heterocycles. The van der Waals surface area contributed by atoms with Gasteiger partial charge in [0.25, 0.3) is 0 Å². The van der Waals surface area contributed by atoms with E-state index in [1.54, 1.807) is 20.8 Å². The number of nitrogens with two attached hydrogens (primary N) is 1. The molecule has 4 amide bonds. The largest absolute Gasteiger partial charge is 0.444 e. The third kappa shape index (κ3) is 8.26. The van der Waals surface area contributed by atoms with Crippen LogP contribution in [-0.2, 0) is 19.1 Å². The summed E-state index contributed by atoms with van der Waals surface area (Å²) in [6.45, 7) is 12.6. The molecule has 0 aromatic heterocycles. The number of alkyl carbamates (subject to hydrolysis) is 1. The molecule has 0 heterocycles. The highest BCUT2D eigenvalue weighted by molar-refractivity contribution is 5.95. The van der Waals surface area contributed by atoms with Crippen LogP contribution in [0.4, 0.5) is 4.79 Å². The van der Waals surface area contributed by atoms with Crippen LogP contribution in [0.1, 0.15) is 84.4 Å². The first kappa shape index (κ1) is 28.1. The minimum Gasteiger partial charge on any atom is -0.444 e. The van der Waals surface area contributed by atoms with Gasteiger partial charge in [-0.1, -0.05) is 24.3 Å². The summed E-state index contributed by atoms with van der Waals surface area (Å²) in [5.74, 6) is -1.63. The number of carbonyl (C=O) groups is 4. The number of hydrogen-bond acceptors (Lipinski definition) is 5. The van der Waals surface area contributed by atoms with Gasteiger partial charge in [-0.15, -0.1) is 0 Å². The van der Waals surface area contributed by atoms with Gasteiger partial charge >= 0.3 is 6.09 Å². The van der Waals surface area contributed by atoms with E-state index < -0.39 is 47.6 Å². The lowest BCUT2D eigenvalue weighted by molar-refractivity contribution is -0.148. The Balaban J connectivity index is 2.53. The minimum absolute atomic E-state index is 0.214. The number of nitrogens with one attached hydrogen (secondary N) is 2. The molecular weight excluding hydrogens is 448 g/mol. The van der Waals surface area contributed by atoms with Gasteiger partial charge in [-0.05, 0) is 78.9 Å². The number of nitrogens with zero attached hydrogens (tertiary/aromatic N) is 1. The number of rotatable bonds is 8. The maximum atomic E-state index is 14.0. The standard InChI is InChI=1S/C26H40N4O5/c1-16-11-8-9-14-18(16)21(22(32)29-25(2,3)4)30(17-12-10-13-17)23(33)19(15-20(27)31)28-24(34)35-26(5,6)7/h8-9,11,14,17,19,21H,10,12-13,15H2,1-7H3,(H2,27,31)(H,28,34)(H,29,32). The van der Waals surface area contributed by atoms with Crippen molar-refractivity contribution in [3.8, 4) is 0 Å². The molecule has 1 aromatic carbocycles. The van der Waals surface area contributed by atoms with Crippen molar-refractivity contribution < 1.29 is 23.9 Å². The second kappa shape index (κ2) is 11.1. The first-order chi connectivity index (χ1) is 16.1. The van der Waals surface area contributed by atoms with Crippen LogP contribution in [0.25, 0.3) is 0 Å². The fraction of sp³-hybridized carbons (Fsp3) is 0.615. The van der Waals surface area contributed by atoms with E-state index in [1.165, 1.54) is 4.90 Å². The number of ether oxygens (including phenoxy) is 1. The van der Waals surface area contributed by atoms with Crippen LogP contribution < -0.4 is 16.4 Å². The van der Waals surface area contributed by atoms with E-state index in [1.807, 2.05) is 52.0 Å². The number of primary amides is 1. The highest BCUT2D eigenvalue weighted by Gasteiger charge is 2.43. The van der Waals surface area contributed by atoms with Crippen molar-refractivity contribution in [1.29, 1.82) is 0 Å². The molecule has 0 radical (unpaired) electrons. The number of amides is 4. The molecule has 4 N–H and O–H groups in total. The molecule has 2 unspecified atom stereocenters. The van der Waals surface area contributed by atoms with Crippen LogP contribution in [0.5, 0.6) is 0 Å². The van der Waals surface area contributed by atoms with E-state index in [-0.39, 0.29) is 11.9 Å². The maximum absolute atomic E-state index is 14.0. The minimum atomic E-state index is -1.27. The Morgan fingerprint density at radius 2 is 1.69 bits per heavy atom. The predicted molar refractivity (Wildman–Crippen MR) is 133 cm³/mol. The van der Waals surface area contributed by atoms with Crippen LogP contribution in [0, 0.1) is 6.92 Å². The van der Waals surface area contributed by atoms with Crippen molar-refractivity contribution in [3.05, 3.63) is 35.4 Å². The Bertz CT molecular complexity index is 944. The van der Waals surface area contributed by atoms with Gasteiger partial charge in [0.2, 0.25) is 17.7 Å². The van der Waals surface area contributed by atoms with Gasteiger partial charge in [0.15, 0.2) is 0 Å². The SMILES string of the molecule is Cc1ccccc1C(C(=O)NC(C)(C)C)N(C(=O)C(CC(N)=O)NC(=O)OC(C)(C)C)C1CCC1. The fourth-order valence-corrected chi connectivity index (χ4v) is 3.96. The van der Waals surface area contributed by atoms with Gasteiger partial charge in [-0.2, -0.15) is 0 Å². The van der Waals surface area contributed by atoms with E-state index in [0.29, 0.717) is 18.4 Å². The summed E-state index contributed by atoms with van der Waals surface area (Å²) in [4.78, 5) is 53.5. The van der Waals surface area contributed by atoms with E-state index in [2.05, 4.69) is 10.6 Å². The molecule has 1 aliphatic carbocycles. The zero-order chi connectivity index (χ0) is 26.6. The maximum Gasteiger partial charge on any atom is 0.408 e. The fourth-order valence-electron chi connectivity index (χ4n) is 3.96. The molecule has 2 atom stereocenters. The number of hydrogen-bond donors (Lipinski definition) is 3. The topological polar surface area (TPSA) is 131 Å². The monoisotopic (exact) mass is 488 g/mol. The van der Waals surface area contributed by atoms with Crippen LogP contribution >= 0.6 is 0 Å². The van der Waals surface area contributed by atoms with Gasteiger partial charge in [0, 0.05) is 11.6 Å². The van der Waals surface area contributed by atoms with Crippen molar-refractivity contribution in [1.82, 2.24) is 15.5 Å². The molecule has 35 heavy (non-hydrogen) atoms. The summed E-state index contributed by atoms with van der Waals surface area (Å²) in [5.41, 5.74) is 5.64. The Morgan fingerprint density at radius 1 is 1.09 bits per heavy atom. The lowest BCUT2D eigenvalue weighted by Crippen LogP contribution is -2.59. The molecule has 1 saturated carbocycles. The van der Waals surface area contributed by atoms with Crippen LogP contribution in [0.2, 0.25) is 0 Å². The van der Waals surface area contributed by atoms with Crippen molar-refractivity contribution in [2.45, 2.75) is 103 Å². The van der Waals surface area contributed by atoms with Crippen molar-refractivity contribution >= 4 is 23.8 Å². The van der Waals surface area contributed by atoms with E-state index >= 15 is 0 Å². The third-order valence-electron chi connectivity index (χ3n) is 5.62. The average Bonchev–Trinajstić information content (AvgIpc) is 2.63. The molecule has 9 heteroatoms. The van der Waals surface area contributed by atoms with Crippen LogP contribution in [-0.4, -0.2) is 51.9 Å². The molecule has 1 aromatic rings. The average molecular weight is 489 g/mol. The van der Waals surface area contributed by atoms with Crippen LogP contribution in [0.3, 0.4) is 0 Å². The molecule has 0 saturated heterocycles. The highest BCUT2D eigenvalue weighted by atomic mass is 16.6. The smallest absolute Gasteiger partial charge is 0.408 e. The van der Waals surface area contributed by atoms with Gasteiger partial charge in [-0.3, -0.25) is 14.4 Å². The molecule has 1 fully saturated rings. The molecule has 9 nitrogen and oxygen atoms in total. The third-order valence-corrected chi connectivity index (χ3v) is 5.62. The Labute approximate surface area is 208 Å². The second-order valence-corrected chi connectivity index (χ2v) is 11.2. The van der Waals surface area contributed by atoms with Crippen molar-refractivity contribution in [2.24, 2.45) is 5.73 Å². The second-order valence-electron chi connectivity index (χ2n) is 11.2. The summed E-state index contributed by atoms with van der Waals surface area (Å²) in [6.07, 6.45) is 1.09. The lowest BCUT2D eigenvalue weighted by Gasteiger charge is -2.44. The highest BCUT2D eigenvalue weighted by Crippen LogP contribution is 2.35. The quantitative estimate of drug-likeness (QED) is 0.517. The first-order valence-corrected chi connectivity index (χ1v) is 12.1. The Kier molecular flexibility index (Phi) is 8.92. The molecule has 0 bridgehead atoms. The number of benzene rings is 1. The van der Waals surface area contributed by atoms with E-state index in [9.17, 15) is 19.2 Å². The summed E-state index contributed by atoms with van der Waals surface area (Å²) in [7, 11) is 0. The van der Waals surface area contributed by atoms with Crippen molar-refractivity contribution in [3.63, 3.8) is 0 Å². The van der Waals surface area contributed by atoms with Gasteiger partial charge in [0.05, 0.1) is 6.42 Å². The molecule has 1 aliphatic rings. The van der Waals surface area contributed by atoms with Gasteiger partial charge < -0.3 is 26.0 Å². The molecule has 2 rings (SSSR count). The van der Waals surface area contributed by atoms with Gasteiger partial charge in [-0.25, -0.2) is 4.79 Å². The number of aryl methyl sites for hydroxylation is 1. The van der Waals surface area contributed by atoms with E-state index in [0.717, 1.165) is 12.0 Å². The molecule has 0 spiro atoms. The van der Waals surface area contributed by atoms with E-state index in [4.69, 9.17) is 10.5 Å². The summed E-state index contributed by atoms with van der Waals surface area (Å²) in [6, 6.07) is 4.98. The lowest BCUT2D eigenvalue weighted by atomic mass is 9.87. The first-order valence-electron chi connectivity index (χ1n) is 12.1. The summed E-state index contributed by atoms with van der Waals surface area (Å²) < 4.78 is 5.31. The zero-order valence-electron chi connectivity index (χ0n) is 21.9. The normalized spacial score (nSPS) is 15.9. The van der Waals surface area contributed by atoms with Crippen LogP contribution in [0.15, 0.2) is 24.3 Å². The van der Waals surface area contributed by atoms with Gasteiger partial charge in [0.1, 0.15) is 17.7 Å². The summed E-state index contributed by atoms with van der Waals surface area (Å²) >= 11 is 0. The van der Waals surface area contributed by atoms with Crippen molar-refractivity contribution in [2.75, 3.05) is 0 Å². The molecular formula is C26H40N4O5.